The molecule has 2 nitrogen and oxygen atoms in total. The molecule has 110 valence electrons. The van der Waals surface area contributed by atoms with Gasteiger partial charge in [0.05, 0.1) is 6.10 Å². The summed E-state index contributed by atoms with van der Waals surface area (Å²) in [7, 11) is 0. The van der Waals surface area contributed by atoms with Crippen molar-refractivity contribution in [1.29, 1.82) is 0 Å². The van der Waals surface area contributed by atoms with Crippen molar-refractivity contribution in [2.45, 2.75) is 83.3 Å². The summed E-state index contributed by atoms with van der Waals surface area (Å²) < 4.78 is 6.31. The van der Waals surface area contributed by atoms with E-state index in [2.05, 4.69) is 12.2 Å². The minimum absolute atomic E-state index is 0.496. The Hall–Kier alpha value is -0.0800. The zero-order valence-electron chi connectivity index (χ0n) is 12.6. The van der Waals surface area contributed by atoms with Crippen LogP contribution in [0.1, 0.15) is 71.1 Å². The zero-order valence-corrected chi connectivity index (χ0v) is 12.6. The maximum absolute atomic E-state index is 6.31. The lowest BCUT2D eigenvalue weighted by Gasteiger charge is -2.56. The molecule has 3 aliphatic rings. The zero-order chi connectivity index (χ0) is 13.1. The Morgan fingerprint density at radius 2 is 1.84 bits per heavy atom. The highest BCUT2D eigenvalue weighted by Crippen LogP contribution is 2.52. The van der Waals surface area contributed by atoms with Crippen LogP contribution in [0.15, 0.2) is 0 Å². The van der Waals surface area contributed by atoms with Crippen LogP contribution in [0.4, 0.5) is 0 Å². The van der Waals surface area contributed by atoms with Gasteiger partial charge in [-0.05, 0) is 38.1 Å². The van der Waals surface area contributed by atoms with E-state index >= 15 is 0 Å². The van der Waals surface area contributed by atoms with E-state index in [0.29, 0.717) is 11.5 Å². The molecule has 2 unspecified atom stereocenters. The fourth-order valence-corrected chi connectivity index (χ4v) is 4.36. The Kier molecular flexibility index (Phi) is 4.48. The van der Waals surface area contributed by atoms with Gasteiger partial charge in [-0.3, -0.25) is 0 Å². The Morgan fingerprint density at radius 3 is 2.47 bits per heavy atom. The predicted molar refractivity (Wildman–Crippen MR) is 79.3 cm³/mol. The first-order valence-electron chi connectivity index (χ1n) is 8.70. The molecule has 2 heteroatoms. The third-order valence-electron chi connectivity index (χ3n) is 5.81. The highest BCUT2D eigenvalue weighted by Gasteiger charge is 2.54. The molecule has 0 bridgehead atoms. The SMILES string of the molecule is CCNC1CC(OCCC2CC2)C12CCCCCC2. The lowest BCUT2D eigenvalue weighted by molar-refractivity contribution is -0.144. The number of ether oxygens (including phenoxy) is 1. The van der Waals surface area contributed by atoms with Crippen molar-refractivity contribution < 1.29 is 4.74 Å². The van der Waals surface area contributed by atoms with Crippen molar-refractivity contribution in [3.63, 3.8) is 0 Å². The molecule has 3 rings (SSSR count). The fourth-order valence-electron chi connectivity index (χ4n) is 4.36. The van der Waals surface area contributed by atoms with Crippen molar-refractivity contribution in [3.05, 3.63) is 0 Å². The van der Waals surface area contributed by atoms with Gasteiger partial charge < -0.3 is 10.1 Å². The van der Waals surface area contributed by atoms with Crippen LogP contribution >= 0.6 is 0 Å². The van der Waals surface area contributed by atoms with Crippen LogP contribution in [0, 0.1) is 11.3 Å². The summed E-state index contributed by atoms with van der Waals surface area (Å²) in [5, 5.41) is 3.73. The summed E-state index contributed by atoms with van der Waals surface area (Å²) in [4.78, 5) is 0. The predicted octanol–water partition coefficient (Wildman–Crippen LogP) is 3.89. The maximum Gasteiger partial charge on any atom is 0.0661 e. The molecule has 3 fully saturated rings. The van der Waals surface area contributed by atoms with Crippen LogP contribution < -0.4 is 5.32 Å². The van der Waals surface area contributed by atoms with Gasteiger partial charge in [0, 0.05) is 18.1 Å². The highest BCUT2D eigenvalue weighted by molar-refractivity contribution is 5.08. The van der Waals surface area contributed by atoms with Crippen molar-refractivity contribution >= 4 is 0 Å². The number of hydrogen-bond donors (Lipinski definition) is 1. The molecule has 0 amide bonds. The monoisotopic (exact) mass is 265 g/mol. The largest absolute Gasteiger partial charge is 0.378 e. The fraction of sp³-hybridized carbons (Fsp3) is 1.00. The molecule has 1 spiro atoms. The quantitative estimate of drug-likeness (QED) is 0.786. The van der Waals surface area contributed by atoms with E-state index in [4.69, 9.17) is 4.74 Å². The molecule has 0 heterocycles. The second-order valence-corrected chi connectivity index (χ2v) is 7.08. The lowest BCUT2D eigenvalue weighted by atomic mass is 9.57. The topological polar surface area (TPSA) is 21.3 Å². The van der Waals surface area contributed by atoms with Crippen LogP contribution in [0.5, 0.6) is 0 Å². The van der Waals surface area contributed by atoms with Crippen LogP contribution in [0.3, 0.4) is 0 Å². The third-order valence-corrected chi connectivity index (χ3v) is 5.81. The number of nitrogens with one attached hydrogen (secondary N) is 1. The van der Waals surface area contributed by atoms with Gasteiger partial charge >= 0.3 is 0 Å². The van der Waals surface area contributed by atoms with Gasteiger partial charge in [-0.1, -0.05) is 45.4 Å². The van der Waals surface area contributed by atoms with Gasteiger partial charge in [0.1, 0.15) is 0 Å². The van der Waals surface area contributed by atoms with E-state index in [-0.39, 0.29) is 0 Å². The number of hydrogen-bond acceptors (Lipinski definition) is 2. The summed E-state index contributed by atoms with van der Waals surface area (Å²) >= 11 is 0. The van der Waals surface area contributed by atoms with E-state index in [1.54, 1.807) is 0 Å². The minimum atomic E-state index is 0.496. The molecule has 0 radical (unpaired) electrons. The molecule has 0 saturated heterocycles. The van der Waals surface area contributed by atoms with Crippen molar-refractivity contribution in [3.8, 4) is 0 Å². The Labute approximate surface area is 118 Å². The molecule has 3 saturated carbocycles. The van der Waals surface area contributed by atoms with Gasteiger partial charge in [0.15, 0.2) is 0 Å². The van der Waals surface area contributed by atoms with Gasteiger partial charge in [-0.2, -0.15) is 0 Å². The molecule has 2 atom stereocenters. The standard InChI is InChI=1S/C17H31NO/c1-2-18-15-13-16(19-12-9-14-7-8-14)17(15)10-5-3-4-6-11-17/h14-16,18H,2-13H2,1H3. The summed E-state index contributed by atoms with van der Waals surface area (Å²) in [6.07, 6.45) is 14.6. The molecule has 0 aliphatic heterocycles. The highest BCUT2D eigenvalue weighted by atomic mass is 16.5. The van der Waals surface area contributed by atoms with Gasteiger partial charge in [0.25, 0.3) is 0 Å². The van der Waals surface area contributed by atoms with Crippen LogP contribution in [0.25, 0.3) is 0 Å². The van der Waals surface area contributed by atoms with Gasteiger partial charge in [-0.15, -0.1) is 0 Å². The average molecular weight is 265 g/mol. The van der Waals surface area contributed by atoms with Crippen LogP contribution in [-0.4, -0.2) is 25.3 Å². The first-order valence-corrected chi connectivity index (χ1v) is 8.70. The molecular weight excluding hydrogens is 234 g/mol. The summed E-state index contributed by atoms with van der Waals surface area (Å²) in [5.74, 6) is 1.01. The van der Waals surface area contributed by atoms with Gasteiger partial charge in [0.2, 0.25) is 0 Å². The van der Waals surface area contributed by atoms with E-state index in [0.717, 1.165) is 25.1 Å². The van der Waals surface area contributed by atoms with Crippen molar-refractivity contribution in [2.24, 2.45) is 11.3 Å². The Balaban J connectivity index is 1.55. The second-order valence-electron chi connectivity index (χ2n) is 7.08. The molecule has 1 N–H and O–H groups in total. The average Bonchev–Trinajstić information content (AvgIpc) is 3.23. The smallest absolute Gasteiger partial charge is 0.0661 e. The molecular formula is C17H31NO. The molecule has 0 aromatic heterocycles. The first kappa shape index (κ1) is 13.9. The van der Waals surface area contributed by atoms with E-state index in [1.807, 2.05) is 0 Å². The third kappa shape index (κ3) is 3.00. The van der Waals surface area contributed by atoms with Crippen LogP contribution in [0.2, 0.25) is 0 Å². The minimum Gasteiger partial charge on any atom is -0.378 e. The Bertz CT molecular complexity index is 279. The van der Waals surface area contributed by atoms with Crippen molar-refractivity contribution in [2.75, 3.05) is 13.2 Å². The van der Waals surface area contributed by atoms with Gasteiger partial charge in [-0.25, -0.2) is 0 Å². The van der Waals surface area contributed by atoms with E-state index in [1.165, 1.54) is 64.2 Å². The molecule has 3 aliphatic carbocycles. The van der Waals surface area contributed by atoms with E-state index in [9.17, 15) is 0 Å². The second kappa shape index (κ2) is 6.13. The summed E-state index contributed by atoms with van der Waals surface area (Å²) in [5.41, 5.74) is 0.496. The van der Waals surface area contributed by atoms with E-state index < -0.39 is 0 Å². The maximum atomic E-state index is 6.31. The molecule has 19 heavy (non-hydrogen) atoms. The van der Waals surface area contributed by atoms with Crippen molar-refractivity contribution in [1.82, 2.24) is 5.32 Å². The molecule has 0 aromatic carbocycles. The number of rotatable bonds is 6. The Morgan fingerprint density at radius 1 is 1.11 bits per heavy atom. The normalized spacial score (nSPS) is 33.9. The molecule has 0 aromatic rings. The summed E-state index contributed by atoms with van der Waals surface area (Å²) in [6.45, 7) is 4.38. The lowest BCUT2D eigenvalue weighted by Crippen LogP contribution is -2.63. The summed E-state index contributed by atoms with van der Waals surface area (Å²) in [6, 6.07) is 0.738. The van der Waals surface area contributed by atoms with Crippen LogP contribution in [-0.2, 0) is 4.74 Å². The first-order chi connectivity index (χ1) is 9.35.